The Hall–Kier alpha value is -3.20. The van der Waals surface area contributed by atoms with Gasteiger partial charge in [0.2, 0.25) is 0 Å². The third-order valence-electron chi connectivity index (χ3n) is 4.63. The van der Waals surface area contributed by atoms with Crippen molar-refractivity contribution >= 4 is 27.9 Å². The van der Waals surface area contributed by atoms with E-state index < -0.39 is 18.0 Å². The summed E-state index contributed by atoms with van der Waals surface area (Å²) in [6.45, 7) is 1.91. The van der Waals surface area contributed by atoms with Crippen molar-refractivity contribution in [3.05, 3.63) is 63.8 Å². The first kappa shape index (κ1) is 22.5. The number of urea groups is 1. The molecular formula is C22H23BrN2O6. The van der Waals surface area contributed by atoms with Crippen LogP contribution >= 0.6 is 15.9 Å². The highest BCUT2D eigenvalue weighted by Crippen LogP contribution is 2.39. The number of benzene rings is 2. The van der Waals surface area contributed by atoms with Crippen molar-refractivity contribution in [2.45, 2.75) is 13.0 Å². The Morgan fingerprint density at radius 3 is 2.42 bits per heavy atom. The predicted molar refractivity (Wildman–Crippen MR) is 117 cm³/mol. The summed E-state index contributed by atoms with van der Waals surface area (Å²) in [5.41, 5.74) is 1.32. The summed E-state index contributed by atoms with van der Waals surface area (Å²) in [6, 6.07) is 11.5. The van der Waals surface area contributed by atoms with Crippen molar-refractivity contribution in [1.29, 1.82) is 0 Å². The second kappa shape index (κ2) is 10.2. The van der Waals surface area contributed by atoms with E-state index >= 15 is 0 Å². The van der Waals surface area contributed by atoms with Gasteiger partial charge in [-0.3, -0.25) is 0 Å². The number of para-hydroxylation sites is 1. The number of nitrogens with one attached hydrogen (secondary N) is 2. The Bertz CT molecular complexity index is 993. The van der Waals surface area contributed by atoms with E-state index in [2.05, 4.69) is 26.6 Å². The van der Waals surface area contributed by atoms with E-state index in [1.54, 1.807) is 19.1 Å². The fourth-order valence-corrected chi connectivity index (χ4v) is 3.73. The lowest BCUT2D eigenvalue weighted by atomic mass is 9.95. The maximum Gasteiger partial charge on any atom is 0.338 e. The molecule has 0 bridgehead atoms. The zero-order valence-electron chi connectivity index (χ0n) is 17.4. The van der Waals surface area contributed by atoms with Gasteiger partial charge >= 0.3 is 12.0 Å². The molecule has 0 aliphatic carbocycles. The van der Waals surface area contributed by atoms with Crippen LogP contribution in [-0.2, 0) is 9.53 Å². The van der Waals surface area contributed by atoms with E-state index in [1.165, 1.54) is 14.2 Å². The van der Waals surface area contributed by atoms with Crippen LogP contribution in [0.4, 0.5) is 4.79 Å². The summed E-state index contributed by atoms with van der Waals surface area (Å²) in [6.07, 6.45) is 0. The molecule has 0 fully saturated rings. The molecule has 9 heteroatoms. The van der Waals surface area contributed by atoms with E-state index in [9.17, 15) is 9.59 Å². The predicted octanol–water partition coefficient (Wildman–Crippen LogP) is 3.72. The van der Waals surface area contributed by atoms with Crippen molar-refractivity contribution in [2.24, 2.45) is 0 Å². The molecule has 2 aromatic carbocycles. The number of rotatable bonds is 8. The number of hydrogen-bond acceptors (Lipinski definition) is 6. The van der Waals surface area contributed by atoms with Crippen LogP contribution in [0, 0.1) is 0 Å². The zero-order valence-corrected chi connectivity index (χ0v) is 18.9. The van der Waals surface area contributed by atoms with Crippen molar-refractivity contribution in [1.82, 2.24) is 10.6 Å². The fraction of sp³-hybridized carbons (Fsp3) is 0.273. The smallest absolute Gasteiger partial charge is 0.338 e. The van der Waals surface area contributed by atoms with Crippen LogP contribution in [0.2, 0.25) is 0 Å². The number of esters is 1. The van der Waals surface area contributed by atoms with E-state index in [4.69, 9.17) is 18.9 Å². The van der Waals surface area contributed by atoms with Gasteiger partial charge in [0.05, 0.1) is 25.8 Å². The zero-order chi connectivity index (χ0) is 22.4. The lowest BCUT2D eigenvalue weighted by Crippen LogP contribution is -2.45. The standard InChI is InChI=1S/C22H23BrN2O6/c1-13-19(21(26)31-10-9-30-14-7-5-4-6-8-14)20(25-22(27)24-13)15-11-17(28-2)18(29-3)12-16(15)23/h4-8,11-12,20H,9-10H2,1-3H3,(H2,24,25,27). The Morgan fingerprint density at radius 2 is 1.74 bits per heavy atom. The molecule has 1 aliphatic rings. The Morgan fingerprint density at radius 1 is 1.06 bits per heavy atom. The highest BCUT2D eigenvalue weighted by atomic mass is 79.9. The molecule has 0 spiro atoms. The summed E-state index contributed by atoms with van der Waals surface area (Å²) in [5.74, 6) is 1.11. The molecule has 1 heterocycles. The molecule has 164 valence electrons. The molecular weight excluding hydrogens is 468 g/mol. The van der Waals surface area contributed by atoms with Crippen molar-refractivity contribution in [3.8, 4) is 17.2 Å². The maximum atomic E-state index is 12.9. The fourth-order valence-electron chi connectivity index (χ4n) is 3.18. The van der Waals surface area contributed by atoms with Gasteiger partial charge in [-0.1, -0.05) is 34.1 Å². The number of hydrogen-bond donors (Lipinski definition) is 2. The molecule has 3 rings (SSSR count). The van der Waals surface area contributed by atoms with Gasteiger partial charge < -0.3 is 29.6 Å². The first-order valence-electron chi connectivity index (χ1n) is 9.49. The first-order valence-corrected chi connectivity index (χ1v) is 10.3. The van der Waals surface area contributed by atoms with Crippen molar-refractivity contribution in [3.63, 3.8) is 0 Å². The summed E-state index contributed by atoms with van der Waals surface area (Å²) < 4.78 is 22.3. The minimum atomic E-state index is -0.745. The molecule has 31 heavy (non-hydrogen) atoms. The van der Waals surface area contributed by atoms with Gasteiger partial charge in [-0.2, -0.15) is 0 Å². The quantitative estimate of drug-likeness (QED) is 0.432. The van der Waals surface area contributed by atoms with E-state index in [1.807, 2.05) is 30.3 Å². The van der Waals surface area contributed by atoms with Gasteiger partial charge in [0.15, 0.2) is 11.5 Å². The second-order valence-corrected chi connectivity index (χ2v) is 7.45. The number of halogens is 1. The number of carbonyl (C=O) groups is 2. The number of methoxy groups -OCH3 is 2. The molecule has 1 aliphatic heterocycles. The minimum absolute atomic E-state index is 0.0538. The Labute approximate surface area is 188 Å². The summed E-state index contributed by atoms with van der Waals surface area (Å²) >= 11 is 3.49. The normalized spacial score (nSPS) is 15.6. The van der Waals surface area contributed by atoms with Crippen LogP contribution < -0.4 is 24.8 Å². The average molecular weight is 491 g/mol. The van der Waals surface area contributed by atoms with Gasteiger partial charge in [0.25, 0.3) is 0 Å². The Balaban J connectivity index is 1.79. The lowest BCUT2D eigenvalue weighted by Gasteiger charge is -2.29. The SMILES string of the molecule is COc1cc(Br)c(C2NC(=O)NC(C)=C2C(=O)OCCOc2ccccc2)cc1OC. The molecule has 2 aromatic rings. The molecule has 0 saturated heterocycles. The van der Waals surface area contributed by atoms with Gasteiger partial charge in [0, 0.05) is 10.2 Å². The monoisotopic (exact) mass is 490 g/mol. The molecule has 2 amide bonds. The molecule has 1 unspecified atom stereocenters. The average Bonchev–Trinajstić information content (AvgIpc) is 2.76. The molecule has 8 nitrogen and oxygen atoms in total. The topological polar surface area (TPSA) is 95.1 Å². The van der Waals surface area contributed by atoms with E-state index in [0.29, 0.717) is 33.0 Å². The van der Waals surface area contributed by atoms with Crippen LogP contribution in [0.1, 0.15) is 18.5 Å². The molecule has 2 N–H and O–H groups in total. The maximum absolute atomic E-state index is 12.9. The third kappa shape index (κ3) is 5.29. The number of amides is 2. The highest BCUT2D eigenvalue weighted by Gasteiger charge is 2.34. The van der Waals surface area contributed by atoms with Crippen LogP contribution in [0.3, 0.4) is 0 Å². The number of allylic oxidation sites excluding steroid dienone is 1. The van der Waals surface area contributed by atoms with Crippen LogP contribution in [0.5, 0.6) is 17.2 Å². The molecule has 1 atom stereocenters. The van der Waals surface area contributed by atoms with Gasteiger partial charge in [-0.15, -0.1) is 0 Å². The lowest BCUT2D eigenvalue weighted by molar-refractivity contribution is -0.140. The third-order valence-corrected chi connectivity index (χ3v) is 5.32. The molecule has 0 aromatic heterocycles. The van der Waals surface area contributed by atoms with E-state index in [-0.39, 0.29) is 18.8 Å². The van der Waals surface area contributed by atoms with E-state index in [0.717, 1.165) is 0 Å². The van der Waals surface area contributed by atoms with Crippen molar-refractivity contribution < 1.29 is 28.5 Å². The first-order chi connectivity index (χ1) is 14.9. The molecule has 0 radical (unpaired) electrons. The van der Waals surface area contributed by atoms with Gasteiger partial charge in [0.1, 0.15) is 19.0 Å². The van der Waals surface area contributed by atoms with Crippen LogP contribution in [-0.4, -0.2) is 39.4 Å². The van der Waals surface area contributed by atoms with Gasteiger partial charge in [-0.25, -0.2) is 9.59 Å². The second-order valence-electron chi connectivity index (χ2n) is 6.60. The largest absolute Gasteiger partial charge is 0.493 e. The summed E-state index contributed by atoms with van der Waals surface area (Å²) in [4.78, 5) is 25.0. The summed E-state index contributed by atoms with van der Waals surface area (Å²) in [7, 11) is 3.04. The van der Waals surface area contributed by atoms with Crippen LogP contribution in [0.15, 0.2) is 58.2 Å². The minimum Gasteiger partial charge on any atom is -0.493 e. The van der Waals surface area contributed by atoms with Gasteiger partial charge in [-0.05, 0) is 36.8 Å². The van der Waals surface area contributed by atoms with Crippen LogP contribution in [0.25, 0.3) is 0 Å². The summed E-state index contributed by atoms with van der Waals surface area (Å²) in [5, 5.41) is 5.40. The number of carbonyl (C=O) groups excluding carboxylic acids is 2. The Kier molecular flexibility index (Phi) is 7.41. The highest BCUT2D eigenvalue weighted by molar-refractivity contribution is 9.10. The number of ether oxygens (including phenoxy) is 4. The van der Waals surface area contributed by atoms with Crippen molar-refractivity contribution in [2.75, 3.05) is 27.4 Å². The molecule has 0 saturated carbocycles.